The third-order valence-electron chi connectivity index (χ3n) is 2.52. The fraction of sp³-hybridized carbons (Fsp3) is 0.545. The van der Waals surface area contributed by atoms with Gasteiger partial charge in [0, 0.05) is 18.0 Å². The lowest BCUT2D eigenvalue weighted by molar-refractivity contribution is -0.129. The second-order valence-electron chi connectivity index (χ2n) is 3.75. The molecule has 1 atom stereocenters. The van der Waals surface area contributed by atoms with E-state index in [0.717, 1.165) is 29.7 Å². The Hall–Kier alpha value is -0.390. The fourth-order valence-corrected chi connectivity index (χ4v) is 3.18. The van der Waals surface area contributed by atoms with Crippen molar-refractivity contribution < 1.29 is 9.53 Å². The molecule has 1 aromatic rings. The monoisotopic (exact) mass is 303 g/mol. The summed E-state index contributed by atoms with van der Waals surface area (Å²) in [5, 5.41) is 2.91. The van der Waals surface area contributed by atoms with Crippen molar-refractivity contribution in [1.82, 2.24) is 5.32 Å². The SMILES string of the molecule is O=C(NCCc1ccc(Br)s1)[C@@H]1CCCO1. The number of hydrogen-bond acceptors (Lipinski definition) is 3. The number of hydrogen-bond donors (Lipinski definition) is 1. The number of amides is 1. The van der Waals surface area contributed by atoms with Gasteiger partial charge in [-0.15, -0.1) is 11.3 Å². The summed E-state index contributed by atoms with van der Waals surface area (Å²) in [6.07, 6.45) is 2.52. The van der Waals surface area contributed by atoms with Crippen molar-refractivity contribution in [3.05, 3.63) is 20.8 Å². The Morgan fingerprint density at radius 1 is 1.62 bits per heavy atom. The first-order valence-corrected chi connectivity index (χ1v) is 7.00. The van der Waals surface area contributed by atoms with E-state index in [1.807, 2.05) is 6.07 Å². The molecule has 0 radical (unpaired) electrons. The number of ether oxygens (including phenoxy) is 1. The number of carbonyl (C=O) groups is 1. The van der Waals surface area contributed by atoms with Gasteiger partial charge < -0.3 is 10.1 Å². The highest BCUT2D eigenvalue weighted by atomic mass is 79.9. The van der Waals surface area contributed by atoms with Crippen LogP contribution in [0.3, 0.4) is 0 Å². The van der Waals surface area contributed by atoms with Gasteiger partial charge >= 0.3 is 0 Å². The molecule has 1 N–H and O–H groups in total. The second-order valence-corrected chi connectivity index (χ2v) is 6.30. The highest BCUT2D eigenvalue weighted by Gasteiger charge is 2.22. The van der Waals surface area contributed by atoms with E-state index in [0.29, 0.717) is 6.54 Å². The Labute approximate surface area is 107 Å². The summed E-state index contributed by atoms with van der Waals surface area (Å²) in [7, 11) is 0. The molecule has 1 fully saturated rings. The van der Waals surface area contributed by atoms with E-state index < -0.39 is 0 Å². The van der Waals surface area contributed by atoms with Crippen LogP contribution in [-0.4, -0.2) is 25.2 Å². The van der Waals surface area contributed by atoms with Crippen LogP contribution < -0.4 is 5.32 Å². The smallest absolute Gasteiger partial charge is 0.249 e. The number of rotatable bonds is 4. The van der Waals surface area contributed by atoms with Crippen LogP contribution in [0, 0.1) is 0 Å². The zero-order chi connectivity index (χ0) is 11.4. The molecule has 1 saturated heterocycles. The molecule has 0 aromatic carbocycles. The lowest BCUT2D eigenvalue weighted by atomic mass is 10.2. The van der Waals surface area contributed by atoms with Gasteiger partial charge in [-0.25, -0.2) is 0 Å². The summed E-state index contributed by atoms with van der Waals surface area (Å²) in [6.45, 7) is 1.40. The normalized spacial score (nSPS) is 19.9. The Bertz CT molecular complexity index is 361. The summed E-state index contributed by atoms with van der Waals surface area (Å²) in [4.78, 5) is 12.9. The predicted octanol–water partition coefficient (Wildman–Crippen LogP) is 2.35. The summed E-state index contributed by atoms with van der Waals surface area (Å²) in [5.74, 6) is 0.0353. The zero-order valence-corrected chi connectivity index (χ0v) is 11.3. The lowest BCUT2D eigenvalue weighted by Gasteiger charge is -2.09. The maximum Gasteiger partial charge on any atom is 0.249 e. The minimum absolute atomic E-state index is 0.0353. The van der Waals surface area contributed by atoms with Gasteiger partial charge in [0.25, 0.3) is 0 Å². The van der Waals surface area contributed by atoms with E-state index in [-0.39, 0.29) is 12.0 Å². The molecule has 0 aliphatic carbocycles. The van der Waals surface area contributed by atoms with Crippen LogP contribution in [0.1, 0.15) is 17.7 Å². The van der Waals surface area contributed by atoms with Gasteiger partial charge in [0.05, 0.1) is 3.79 Å². The Morgan fingerprint density at radius 2 is 2.50 bits per heavy atom. The number of thiophene rings is 1. The van der Waals surface area contributed by atoms with Crippen molar-refractivity contribution in [2.24, 2.45) is 0 Å². The minimum atomic E-state index is -0.213. The molecule has 0 saturated carbocycles. The summed E-state index contributed by atoms with van der Waals surface area (Å²) >= 11 is 5.12. The first-order valence-electron chi connectivity index (χ1n) is 5.39. The largest absolute Gasteiger partial charge is 0.368 e. The average molecular weight is 304 g/mol. The maximum absolute atomic E-state index is 11.6. The highest BCUT2D eigenvalue weighted by Crippen LogP contribution is 2.22. The first kappa shape index (κ1) is 12.1. The molecule has 0 bridgehead atoms. The van der Waals surface area contributed by atoms with Crippen molar-refractivity contribution >= 4 is 33.2 Å². The molecule has 0 unspecified atom stereocenters. The third kappa shape index (κ3) is 3.30. The Balaban J connectivity index is 1.69. The maximum atomic E-state index is 11.6. The lowest BCUT2D eigenvalue weighted by Crippen LogP contribution is -2.35. The van der Waals surface area contributed by atoms with Gasteiger partial charge in [0.2, 0.25) is 5.91 Å². The van der Waals surface area contributed by atoms with Crippen LogP contribution in [0.25, 0.3) is 0 Å². The molecular formula is C11H14BrNO2S. The number of carbonyl (C=O) groups excluding carboxylic acids is 1. The minimum Gasteiger partial charge on any atom is -0.368 e. The molecule has 1 amide bonds. The van der Waals surface area contributed by atoms with Crippen molar-refractivity contribution in [1.29, 1.82) is 0 Å². The molecule has 0 spiro atoms. The van der Waals surface area contributed by atoms with E-state index in [1.54, 1.807) is 11.3 Å². The number of nitrogens with one attached hydrogen (secondary N) is 1. The molecule has 1 aliphatic heterocycles. The zero-order valence-electron chi connectivity index (χ0n) is 8.87. The third-order valence-corrected chi connectivity index (χ3v) is 4.21. The number of halogens is 1. The van der Waals surface area contributed by atoms with Gasteiger partial charge in [0.15, 0.2) is 0 Å². The molecular weight excluding hydrogens is 290 g/mol. The van der Waals surface area contributed by atoms with Crippen molar-refractivity contribution in [2.75, 3.05) is 13.2 Å². The van der Waals surface area contributed by atoms with Gasteiger partial charge in [-0.05, 0) is 47.3 Å². The standard InChI is InChI=1S/C11H14BrNO2S/c12-10-4-3-8(16-10)5-6-13-11(14)9-2-1-7-15-9/h3-4,9H,1-2,5-7H2,(H,13,14)/t9-/m0/s1. The van der Waals surface area contributed by atoms with Crippen molar-refractivity contribution in [3.63, 3.8) is 0 Å². The molecule has 16 heavy (non-hydrogen) atoms. The van der Waals surface area contributed by atoms with E-state index in [2.05, 4.69) is 27.3 Å². The van der Waals surface area contributed by atoms with E-state index in [4.69, 9.17) is 4.74 Å². The van der Waals surface area contributed by atoms with Crippen LogP contribution in [0.15, 0.2) is 15.9 Å². The van der Waals surface area contributed by atoms with Crippen LogP contribution in [0.5, 0.6) is 0 Å². The van der Waals surface area contributed by atoms with Gasteiger partial charge in [-0.1, -0.05) is 0 Å². The summed E-state index contributed by atoms with van der Waals surface area (Å²) < 4.78 is 6.44. The summed E-state index contributed by atoms with van der Waals surface area (Å²) in [5.41, 5.74) is 0. The van der Waals surface area contributed by atoms with Gasteiger partial charge in [0.1, 0.15) is 6.10 Å². The highest BCUT2D eigenvalue weighted by molar-refractivity contribution is 9.11. The molecule has 88 valence electrons. The Kier molecular flexibility index (Phi) is 4.37. The van der Waals surface area contributed by atoms with Crippen molar-refractivity contribution in [3.8, 4) is 0 Å². The van der Waals surface area contributed by atoms with E-state index >= 15 is 0 Å². The molecule has 3 nitrogen and oxygen atoms in total. The quantitative estimate of drug-likeness (QED) is 0.927. The van der Waals surface area contributed by atoms with Crippen molar-refractivity contribution in [2.45, 2.75) is 25.4 Å². The molecule has 2 rings (SSSR count). The first-order chi connectivity index (χ1) is 7.75. The Morgan fingerprint density at radius 3 is 3.12 bits per heavy atom. The second kappa shape index (κ2) is 5.80. The van der Waals surface area contributed by atoms with Crippen LogP contribution in [-0.2, 0) is 16.0 Å². The topological polar surface area (TPSA) is 38.3 Å². The molecule has 2 heterocycles. The van der Waals surface area contributed by atoms with Crippen LogP contribution >= 0.6 is 27.3 Å². The predicted molar refractivity (Wildman–Crippen MR) is 67.7 cm³/mol. The average Bonchev–Trinajstić information content (AvgIpc) is 2.89. The van der Waals surface area contributed by atoms with Gasteiger partial charge in [-0.3, -0.25) is 4.79 Å². The summed E-state index contributed by atoms with van der Waals surface area (Å²) in [6, 6.07) is 4.11. The van der Waals surface area contributed by atoms with Crippen LogP contribution in [0.2, 0.25) is 0 Å². The molecule has 5 heteroatoms. The van der Waals surface area contributed by atoms with Crippen LogP contribution in [0.4, 0.5) is 0 Å². The molecule has 1 aliphatic rings. The van der Waals surface area contributed by atoms with Gasteiger partial charge in [-0.2, -0.15) is 0 Å². The van der Waals surface area contributed by atoms with E-state index in [1.165, 1.54) is 4.88 Å². The van der Waals surface area contributed by atoms with E-state index in [9.17, 15) is 4.79 Å². The molecule has 1 aromatic heterocycles. The fourth-order valence-electron chi connectivity index (χ4n) is 1.69.